The number of carbonyl (C=O) groups excluding carboxylic acids is 1. The molecule has 0 unspecified atom stereocenters. The van der Waals surface area contributed by atoms with Crippen molar-refractivity contribution < 1.29 is 9.90 Å². The van der Waals surface area contributed by atoms with Crippen molar-refractivity contribution in [3.63, 3.8) is 0 Å². The Morgan fingerprint density at radius 2 is 1.77 bits per heavy atom. The highest BCUT2D eigenvalue weighted by molar-refractivity contribution is 6.00. The molecule has 1 aliphatic rings. The minimum absolute atomic E-state index is 0.0722. The molecule has 3 rings (SSSR count). The summed E-state index contributed by atoms with van der Waals surface area (Å²) in [6, 6.07) is 14.4. The zero-order valence-electron chi connectivity index (χ0n) is 12.5. The average Bonchev–Trinajstić information content (AvgIpc) is 2.56. The molecule has 1 saturated heterocycles. The van der Waals surface area contributed by atoms with E-state index in [1.807, 2.05) is 35.2 Å². The van der Waals surface area contributed by atoms with Gasteiger partial charge < -0.3 is 15.3 Å². The van der Waals surface area contributed by atoms with Crippen molar-refractivity contribution in [2.45, 2.75) is 19.3 Å². The summed E-state index contributed by atoms with van der Waals surface area (Å²) in [5.74, 6) is 0.271. The Morgan fingerprint density at radius 1 is 1.00 bits per heavy atom. The summed E-state index contributed by atoms with van der Waals surface area (Å²) >= 11 is 0. The molecule has 1 aliphatic heterocycles. The summed E-state index contributed by atoms with van der Waals surface area (Å²) in [7, 11) is 0. The van der Waals surface area contributed by atoms with Gasteiger partial charge in [-0.3, -0.25) is 4.79 Å². The smallest absolute Gasteiger partial charge is 0.255 e. The number of phenols is 1. The Bertz CT molecular complexity index is 664. The number of nitrogens with one attached hydrogen (secondary N) is 1. The van der Waals surface area contributed by atoms with E-state index in [-0.39, 0.29) is 11.7 Å². The van der Waals surface area contributed by atoms with Crippen LogP contribution in [0.4, 0.5) is 11.4 Å². The summed E-state index contributed by atoms with van der Waals surface area (Å²) in [5, 5.41) is 12.8. The predicted octanol–water partition coefficient (Wildman–Crippen LogP) is 3.76. The molecule has 4 nitrogen and oxygen atoms in total. The van der Waals surface area contributed by atoms with Gasteiger partial charge in [0.25, 0.3) is 5.91 Å². The lowest BCUT2D eigenvalue weighted by atomic mass is 10.1. The topological polar surface area (TPSA) is 52.6 Å². The van der Waals surface area contributed by atoms with Gasteiger partial charge in [0, 0.05) is 24.8 Å². The number of hydrogen-bond acceptors (Lipinski definition) is 3. The Labute approximate surface area is 130 Å². The molecule has 22 heavy (non-hydrogen) atoms. The van der Waals surface area contributed by atoms with E-state index < -0.39 is 0 Å². The fourth-order valence-electron chi connectivity index (χ4n) is 2.79. The van der Waals surface area contributed by atoms with Crippen LogP contribution < -0.4 is 5.32 Å². The van der Waals surface area contributed by atoms with Gasteiger partial charge in [0.1, 0.15) is 5.75 Å². The minimum atomic E-state index is 0.0722. The van der Waals surface area contributed by atoms with Crippen LogP contribution >= 0.6 is 0 Å². The van der Waals surface area contributed by atoms with Crippen LogP contribution in [0.1, 0.15) is 29.6 Å². The average molecular weight is 296 g/mol. The number of phenolic OH excluding ortho intramolecular Hbond substituents is 1. The van der Waals surface area contributed by atoms with E-state index >= 15 is 0 Å². The maximum atomic E-state index is 12.7. The number of likely N-dealkylation sites (tertiary alicyclic amines) is 1. The first-order valence-corrected chi connectivity index (χ1v) is 7.68. The van der Waals surface area contributed by atoms with Gasteiger partial charge in [-0.2, -0.15) is 0 Å². The molecule has 0 atom stereocenters. The minimum Gasteiger partial charge on any atom is -0.508 e. The summed E-state index contributed by atoms with van der Waals surface area (Å²) in [4.78, 5) is 14.6. The van der Waals surface area contributed by atoms with Gasteiger partial charge in [0.2, 0.25) is 0 Å². The van der Waals surface area contributed by atoms with Crippen molar-refractivity contribution in [1.82, 2.24) is 4.90 Å². The van der Waals surface area contributed by atoms with Gasteiger partial charge in [-0.15, -0.1) is 0 Å². The van der Waals surface area contributed by atoms with Crippen LogP contribution in [-0.2, 0) is 0 Å². The van der Waals surface area contributed by atoms with Crippen LogP contribution in [0.2, 0.25) is 0 Å². The summed E-state index contributed by atoms with van der Waals surface area (Å²) in [5.41, 5.74) is 2.20. The molecule has 2 aromatic rings. The molecule has 1 heterocycles. The number of rotatable bonds is 3. The molecule has 0 bridgehead atoms. The SMILES string of the molecule is O=C(c1ccccc1Nc1cccc(O)c1)N1CCCCC1. The number of carbonyl (C=O) groups is 1. The van der Waals surface area contributed by atoms with E-state index in [0.29, 0.717) is 5.56 Å². The van der Waals surface area contributed by atoms with Crippen LogP contribution in [0, 0.1) is 0 Å². The number of hydrogen-bond donors (Lipinski definition) is 2. The lowest BCUT2D eigenvalue weighted by Gasteiger charge is -2.27. The molecule has 2 aromatic carbocycles. The van der Waals surface area contributed by atoms with Crippen LogP contribution in [0.15, 0.2) is 48.5 Å². The second-order valence-corrected chi connectivity index (χ2v) is 5.57. The van der Waals surface area contributed by atoms with E-state index in [4.69, 9.17) is 0 Å². The molecule has 2 N–H and O–H groups in total. The van der Waals surface area contributed by atoms with Crippen LogP contribution in [0.3, 0.4) is 0 Å². The second-order valence-electron chi connectivity index (χ2n) is 5.57. The second kappa shape index (κ2) is 6.52. The fourth-order valence-corrected chi connectivity index (χ4v) is 2.79. The van der Waals surface area contributed by atoms with Gasteiger partial charge in [-0.1, -0.05) is 18.2 Å². The van der Waals surface area contributed by atoms with Crippen molar-refractivity contribution >= 4 is 17.3 Å². The zero-order valence-corrected chi connectivity index (χ0v) is 12.5. The normalized spacial score (nSPS) is 14.6. The van der Waals surface area contributed by atoms with Gasteiger partial charge in [-0.05, 0) is 43.5 Å². The Balaban J connectivity index is 1.84. The van der Waals surface area contributed by atoms with Crippen molar-refractivity contribution in [3.8, 4) is 5.75 Å². The molecule has 1 fully saturated rings. The van der Waals surface area contributed by atoms with Crippen LogP contribution in [0.5, 0.6) is 5.75 Å². The molecule has 0 radical (unpaired) electrons. The predicted molar refractivity (Wildman–Crippen MR) is 87.6 cm³/mol. The molecular formula is C18H20N2O2. The largest absolute Gasteiger partial charge is 0.508 e. The monoisotopic (exact) mass is 296 g/mol. The van der Waals surface area contributed by atoms with Crippen molar-refractivity contribution in [2.75, 3.05) is 18.4 Å². The zero-order chi connectivity index (χ0) is 15.4. The first-order chi connectivity index (χ1) is 10.7. The van der Waals surface area contributed by atoms with Crippen LogP contribution in [0.25, 0.3) is 0 Å². The summed E-state index contributed by atoms with van der Waals surface area (Å²) in [6.07, 6.45) is 3.36. The molecule has 114 valence electrons. The highest BCUT2D eigenvalue weighted by atomic mass is 16.3. The Morgan fingerprint density at radius 3 is 2.55 bits per heavy atom. The number of nitrogens with zero attached hydrogens (tertiary/aromatic N) is 1. The number of anilines is 2. The quantitative estimate of drug-likeness (QED) is 0.906. The molecule has 4 heteroatoms. The lowest BCUT2D eigenvalue weighted by Crippen LogP contribution is -2.35. The summed E-state index contributed by atoms with van der Waals surface area (Å²) < 4.78 is 0. The highest BCUT2D eigenvalue weighted by Gasteiger charge is 2.20. The number of amides is 1. The molecular weight excluding hydrogens is 276 g/mol. The van der Waals surface area contributed by atoms with E-state index in [0.717, 1.165) is 37.3 Å². The lowest BCUT2D eigenvalue weighted by molar-refractivity contribution is 0.0725. The number of benzene rings is 2. The molecule has 0 saturated carbocycles. The molecule has 1 amide bonds. The van der Waals surface area contributed by atoms with E-state index in [1.54, 1.807) is 18.2 Å². The van der Waals surface area contributed by atoms with Crippen molar-refractivity contribution in [2.24, 2.45) is 0 Å². The maximum absolute atomic E-state index is 12.7. The first kappa shape index (κ1) is 14.4. The van der Waals surface area contributed by atoms with Crippen molar-refractivity contribution in [3.05, 3.63) is 54.1 Å². The van der Waals surface area contributed by atoms with E-state index in [1.165, 1.54) is 6.42 Å². The number of piperidine rings is 1. The third-order valence-corrected chi connectivity index (χ3v) is 3.93. The summed E-state index contributed by atoms with van der Waals surface area (Å²) in [6.45, 7) is 1.67. The third-order valence-electron chi connectivity index (χ3n) is 3.93. The van der Waals surface area contributed by atoms with Gasteiger partial charge >= 0.3 is 0 Å². The molecule has 0 spiro atoms. The number of aromatic hydroxyl groups is 1. The first-order valence-electron chi connectivity index (χ1n) is 7.68. The van der Waals surface area contributed by atoms with Crippen LogP contribution in [-0.4, -0.2) is 29.0 Å². The fraction of sp³-hybridized carbons (Fsp3) is 0.278. The molecule has 0 aromatic heterocycles. The Kier molecular flexibility index (Phi) is 4.28. The maximum Gasteiger partial charge on any atom is 0.255 e. The highest BCUT2D eigenvalue weighted by Crippen LogP contribution is 2.25. The number of para-hydroxylation sites is 1. The van der Waals surface area contributed by atoms with E-state index in [9.17, 15) is 9.90 Å². The Hall–Kier alpha value is -2.49. The van der Waals surface area contributed by atoms with Gasteiger partial charge in [0.15, 0.2) is 0 Å². The van der Waals surface area contributed by atoms with Gasteiger partial charge in [0.05, 0.1) is 11.3 Å². The molecule has 0 aliphatic carbocycles. The van der Waals surface area contributed by atoms with Crippen molar-refractivity contribution in [1.29, 1.82) is 0 Å². The van der Waals surface area contributed by atoms with E-state index in [2.05, 4.69) is 5.32 Å². The third kappa shape index (κ3) is 3.22. The van der Waals surface area contributed by atoms with Gasteiger partial charge in [-0.25, -0.2) is 0 Å². The standard InChI is InChI=1S/C18H20N2O2/c21-15-8-6-7-14(13-15)19-17-10-3-2-9-16(17)18(22)20-11-4-1-5-12-20/h2-3,6-10,13,19,21H,1,4-5,11-12H2.